The molecule has 0 saturated heterocycles. The Kier molecular flexibility index (Phi) is 7.27. The normalized spacial score (nSPS) is 11.3. The first-order chi connectivity index (χ1) is 23.7. The fourth-order valence-electron chi connectivity index (χ4n) is 7.35. The van der Waals surface area contributed by atoms with Crippen molar-refractivity contribution in [3.63, 3.8) is 0 Å². The van der Waals surface area contributed by atoms with Crippen molar-refractivity contribution in [3.05, 3.63) is 193 Å². The van der Waals surface area contributed by atoms with Crippen LogP contribution in [0.3, 0.4) is 0 Å². The molecule has 0 radical (unpaired) electrons. The van der Waals surface area contributed by atoms with Gasteiger partial charge in [-0.25, -0.2) is 4.85 Å². The molecule has 0 aliphatic heterocycles. The number of fused-ring (bicyclic) bond motifs is 3. The molecule has 0 fully saturated rings. The molecule has 0 aliphatic carbocycles. The molecule has 7 aromatic carbocycles. The Morgan fingerprint density at radius 1 is 0.521 bits per heavy atom. The summed E-state index contributed by atoms with van der Waals surface area (Å²) in [6, 6.07) is 63.7. The lowest BCUT2D eigenvalue weighted by atomic mass is 10.0. The predicted octanol–water partition coefficient (Wildman–Crippen LogP) is 8.25. The Morgan fingerprint density at radius 2 is 1.02 bits per heavy atom. The first-order valence-corrected chi connectivity index (χ1v) is 18.0. The molecule has 8 aromatic rings. The number of hydrogen-bond donors (Lipinski definition) is 0. The first kappa shape index (κ1) is 29.0. The number of nitrogens with zero attached hydrogens (tertiary/aromatic N) is 3. The summed E-state index contributed by atoms with van der Waals surface area (Å²) in [4.78, 5) is 3.98. The largest absolute Gasteiger partial charge is 0.309 e. The maximum Gasteiger partial charge on any atom is 0.205 e. The van der Waals surface area contributed by atoms with E-state index in [4.69, 9.17) is 6.57 Å². The molecular weight excluding hydrogens is 599 g/mol. The molecule has 224 valence electrons. The van der Waals surface area contributed by atoms with E-state index in [1.807, 2.05) is 24.3 Å². The second-order valence-corrected chi connectivity index (χ2v) is 15.7. The van der Waals surface area contributed by atoms with Crippen molar-refractivity contribution < 1.29 is 0 Å². The minimum absolute atomic E-state index is 0.368. The van der Waals surface area contributed by atoms with Crippen LogP contribution in [0.25, 0.3) is 43.5 Å². The van der Waals surface area contributed by atoms with Gasteiger partial charge in [0.2, 0.25) is 5.69 Å². The smallest absolute Gasteiger partial charge is 0.205 e. The minimum atomic E-state index is -3.09. The zero-order chi connectivity index (χ0) is 32.5. The van der Waals surface area contributed by atoms with E-state index in [0.717, 1.165) is 48.6 Å². The zero-order valence-electron chi connectivity index (χ0n) is 26.1. The van der Waals surface area contributed by atoms with Crippen LogP contribution in [0.15, 0.2) is 176 Å². The van der Waals surface area contributed by atoms with Crippen LogP contribution >= 0.6 is 0 Å². The lowest BCUT2D eigenvalue weighted by molar-refractivity contribution is 1.18. The minimum Gasteiger partial charge on any atom is -0.309 e. The molecule has 0 atom stereocenters. The fourth-order valence-corrected chi connectivity index (χ4v) is 12.3. The highest BCUT2D eigenvalue weighted by Crippen LogP contribution is 2.34. The number of nitriles is 1. The van der Waals surface area contributed by atoms with Gasteiger partial charge in [0.25, 0.3) is 0 Å². The maximum absolute atomic E-state index is 10.8. The number of hydrogen-bond acceptors (Lipinski definition) is 1. The van der Waals surface area contributed by atoms with Crippen LogP contribution in [0.4, 0.5) is 5.69 Å². The Morgan fingerprint density at radius 3 is 1.52 bits per heavy atom. The standard InChI is InChI=1S/C44H29N3Si/c1-46-41-29-33(32-16-15-17-34(28-32)47-42-26-13-11-24-38(42)39-25-12-14-27-43(39)47)30-44(40(41)31-45)48(35-18-5-2-6-19-35,36-20-7-3-8-21-36)37-22-9-4-10-23-37/h2-30H. The van der Waals surface area contributed by atoms with Crippen molar-refractivity contribution in [2.75, 3.05) is 0 Å². The second kappa shape index (κ2) is 12.0. The number of para-hydroxylation sites is 2. The molecular formula is C44H29N3Si. The van der Waals surface area contributed by atoms with E-state index >= 15 is 0 Å². The number of benzene rings is 7. The van der Waals surface area contributed by atoms with Gasteiger partial charge in [0.05, 0.1) is 29.2 Å². The van der Waals surface area contributed by atoms with Crippen LogP contribution in [-0.2, 0) is 0 Å². The van der Waals surface area contributed by atoms with E-state index in [9.17, 15) is 5.26 Å². The summed E-state index contributed by atoms with van der Waals surface area (Å²) >= 11 is 0. The summed E-state index contributed by atoms with van der Waals surface area (Å²) in [5, 5.41) is 17.6. The highest BCUT2D eigenvalue weighted by Gasteiger charge is 2.43. The molecule has 8 rings (SSSR count). The molecule has 3 nitrogen and oxygen atoms in total. The van der Waals surface area contributed by atoms with Crippen LogP contribution in [0.5, 0.6) is 0 Å². The fraction of sp³-hybridized carbons (Fsp3) is 0. The topological polar surface area (TPSA) is 33.1 Å². The van der Waals surface area contributed by atoms with E-state index in [1.54, 1.807) is 0 Å². The lowest BCUT2D eigenvalue weighted by Crippen LogP contribution is -2.75. The van der Waals surface area contributed by atoms with Gasteiger partial charge in [-0.3, -0.25) is 0 Å². The van der Waals surface area contributed by atoms with Gasteiger partial charge in [0.15, 0.2) is 8.07 Å². The highest BCUT2D eigenvalue weighted by molar-refractivity contribution is 7.20. The third-order valence-electron chi connectivity index (χ3n) is 9.39. The van der Waals surface area contributed by atoms with Gasteiger partial charge < -0.3 is 4.57 Å². The highest BCUT2D eigenvalue weighted by atomic mass is 28.3. The average molecular weight is 628 g/mol. The zero-order valence-corrected chi connectivity index (χ0v) is 27.1. The van der Waals surface area contributed by atoms with Gasteiger partial charge in [-0.1, -0.05) is 146 Å². The van der Waals surface area contributed by atoms with Gasteiger partial charge >= 0.3 is 0 Å². The van der Waals surface area contributed by atoms with Crippen molar-refractivity contribution in [1.29, 1.82) is 5.26 Å². The lowest BCUT2D eigenvalue weighted by Gasteiger charge is -2.35. The van der Waals surface area contributed by atoms with Gasteiger partial charge in [-0.05, 0) is 62.2 Å². The van der Waals surface area contributed by atoms with Gasteiger partial charge in [0, 0.05) is 16.5 Å². The molecule has 0 amide bonds. The molecule has 0 spiro atoms. The summed E-state index contributed by atoms with van der Waals surface area (Å²) < 4.78 is 2.31. The summed E-state index contributed by atoms with van der Waals surface area (Å²) in [5.41, 5.74) is 6.03. The van der Waals surface area contributed by atoms with Crippen LogP contribution in [-0.4, -0.2) is 12.6 Å². The molecule has 0 aliphatic rings. The summed E-state index contributed by atoms with van der Waals surface area (Å²) in [6.07, 6.45) is 0. The molecule has 4 heteroatoms. The summed E-state index contributed by atoms with van der Waals surface area (Å²) in [7, 11) is -3.09. The van der Waals surface area contributed by atoms with Crippen LogP contribution < -0.4 is 20.7 Å². The Balaban J connectivity index is 1.44. The number of rotatable bonds is 6. The van der Waals surface area contributed by atoms with Crippen LogP contribution in [0.1, 0.15) is 5.56 Å². The third kappa shape index (κ3) is 4.55. The molecule has 1 aromatic heterocycles. The molecule has 0 bridgehead atoms. The number of aromatic nitrogens is 1. The van der Waals surface area contributed by atoms with Gasteiger partial charge in [-0.2, -0.15) is 5.26 Å². The quantitative estimate of drug-likeness (QED) is 0.104. The summed E-state index contributed by atoms with van der Waals surface area (Å²) in [6.45, 7) is 8.28. The molecule has 0 N–H and O–H groups in total. The Labute approximate surface area is 281 Å². The second-order valence-electron chi connectivity index (χ2n) is 11.9. The van der Waals surface area contributed by atoms with Gasteiger partial charge in [-0.15, -0.1) is 0 Å². The van der Waals surface area contributed by atoms with Crippen LogP contribution in [0, 0.1) is 17.9 Å². The van der Waals surface area contributed by atoms with Crippen molar-refractivity contribution in [1.82, 2.24) is 4.57 Å². The predicted molar refractivity (Wildman–Crippen MR) is 201 cm³/mol. The van der Waals surface area contributed by atoms with Crippen molar-refractivity contribution >= 4 is 56.3 Å². The molecule has 48 heavy (non-hydrogen) atoms. The maximum atomic E-state index is 10.8. The molecule has 1 heterocycles. The van der Waals surface area contributed by atoms with E-state index in [0.29, 0.717) is 11.3 Å². The van der Waals surface area contributed by atoms with Crippen molar-refractivity contribution in [2.24, 2.45) is 0 Å². The van der Waals surface area contributed by atoms with Crippen molar-refractivity contribution in [3.8, 4) is 22.9 Å². The molecule has 0 saturated carbocycles. The third-order valence-corrected chi connectivity index (χ3v) is 14.2. The van der Waals surface area contributed by atoms with E-state index in [-0.39, 0.29) is 0 Å². The Bertz CT molecular complexity index is 2370. The van der Waals surface area contributed by atoms with Gasteiger partial charge in [0.1, 0.15) is 0 Å². The monoisotopic (exact) mass is 627 g/mol. The van der Waals surface area contributed by atoms with E-state index < -0.39 is 8.07 Å². The SMILES string of the molecule is [C-]#[N+]c1cc(-c2cccc(-n3c4ccccc4c4ccccc43)c2)cc([Si](c2ccccc2)(c2ccccc2)c2ccccc2)c1C#N. The molecule has 0 unspecified atom stereocenters. The average Bonchev–Trinajstić information content (AvgIpc) is 3.50. The summed E-state index contributed by atoms with van der Waals surface area (Å²) in [5.74, 6) is 0. The van der Waals surface area contributed by atoms with E-state index in [1.165, 1.54) is 10.8 Å². The van der Waals surface area contributed by atoms with E-state index in [2.05, 4.69) is 167 Å². The van der Waals surface area contributed by atoms with Crippen molar-refractivity contribution in [2.45, 2.75) is 0 Å². The Hall–Kier alpha value is -6.46. The first-order valence-electron chi connectivity index (χ1n) is 16.0. The van der Waals surface area contributed by atoms with Crippen LogP contribution in [0.2, 0.25) is 0 Å².